The van der Waals surface area contributed by atoms with Gasteiger partial charge in [-0.25, -0.2) is 4.99 Å². The van der Waals surface area contributed by atoms with Gasteiger partial charge in [-0.1, -0.05) is 30.3 Å². The van der Waals surface area contributed by atoms with E-state index in [1.807, 2.05) is 30.3 Å². The molecule has 1 aromatic heterocycles. The molecule has 7 heteroatoms. The van der Waals surface area contributed by atoms with Crippen LogP contribution < -0.4 is 10.6 Å². The van der Waals surface area contributed by atoms with Gasteiger partial charge in [0, 0.05) is 23.8 Å². The number of aryl methyl sites for hydroxylation is 1. The van der Waals surface area contributed by atoms with E-state index in [1.54, 1.807) is 30.3 Å². The summed E-state index contributed by atoms with van der Waals surface area (Å²) in [5, 5.41) is 6.39. The van der Waals surface area contributed by atoms with Crippen molar-refractivity contribution in [3.8, 4) is 0 Å². The first kappa shape index (κ1) is 21.4. The van der Waals surface area contributed by atoms with Gasteiger partial charge in [-0.05, 0) is 24.6 Å². The molecule has 0 saturated heterocycles. The number of benzene rings is 1. The quantitative estimate of drug-likeness (QED) is 0.386. The number of guanidine groups is 1. The van der Waals surface area contributed by atoms with E-state index in [-0.39, 0.29) is 36.4 Å². The summed E-state index contributed by atoms with van der Waals surface area (Å²) in [6.45, 7) is 3.56. The number of aliphatic imine (C=N–C) groups is 1. The first-order valence-corrected chi connectivity index (χ1v) is 8.68. The third kappa shape index (κ3) is 7.87. The number of carbonyl (C=O) groups is 1. The SMILES string of the molecule is Cc1ccc(CNC(=NCc2ccccc2)NCC(=O)N(C)C)s1.I. The van der Waals surface area contributed by atoms with Crippen molar-refractivity contribution in [3.05, 3.63) is 57.8 Å². The van der Waals surface area contributed by atoms with E-state index in [0.717, 1.165) is 5.56 Å². The summed E-state index contributed by atoms with van der Waals surface area (Å²) in [6.07, 6.45) is 0. The Balaban J connectivity index is 0.00000312. The van der Waals surface area contributed by atoms with Gasteiger partial charge in [0.05, 0.1) is 19.6 Å². The molecule has 1 amide bonds. The van der Waals surface area contributed by atoms with Crippen LogP contribution in [-0.2, 0) is 17.9 Å². The second-order valence-corrected chi connectivity index (χ2v) is 7.03. The second-order valence-electron chi connectivity index (χ2n) is 5.66. The van der Waals surface area contributed by atoms with Crippen molar-refractivity contribution in [1.82, 2.24) is 15.5 Å². The van der Waals surface area contributed by atoms with E-state index in [2.05, 4.69) is 34.7 Å². The smallest absolute Gasteiger partial charge is 0.241 e. The number of hydrogen-bond acceptors (Lipinski definition) is 3. The standard InChI is InChI=1S/C18H24N4OS.HI/c1-14-9-10-16(24-14)12-20-18(21-13-17(23)22(2)3)19-11-15-7-5-4-6-8-15;/h4-10H,11-13H2,1-3H3,(H2,19,20,21);1H. The van der Waals surface area contributed by atoms with Crippen molar-refractivity contribution in [2.75, 3.05) is 20.6 Å². The molecule has 0 bridgehead atoms. The van der Waals surface area contributed by atoms with Crippen LogP contribution in [-0.4, -0.2) is 37.4 Å². The topological polar surface area (TPSA) is 56.7 Å². The molecule has 0 radical (unpaired) electrons. The number of likely N-dealkylation sites (N-methyl/N-ethyl adjacent to an activating group) is 1. The van der Waals surface area contributed by atoms with Crippen molar-refractivity contribution in [2.24, 2.45) is 4.99 Å². The highest BCUT2D eigenvalue weighted by atomic mass is 127. The van der Waals surface area contributed by atoms with Crippen LogP contribution in [0.2, 0.25) is 0 Å². The molecule has 0 aliphatic rings. The van der Waals surface area contributed by atoms with Crippen LogP contribution in [0.5, 0.6) is 0 Å². The molecule has 1 heterocycles. The van der Waals surface area contributed by atoms with Crippen LogP contribution >= 0.6 is 35.3 Å². The summed E-state index contributed by atoms with van der Waals surface area (Å²) in [4.78, 5) is 20.4. The lowest BCUT2D eigenvalue weighted by atomic mass is 10.2. The van der Waals surface area contributed by atoms with Crippen molar-refractivity contribution in [2.45, 2.75) is 20.0 Å². The van der Waals surface area contributed by atoms with E-state index in [9.17, 15) is 4.79 Å². The number of hydrogen-bond donors (Lipinski definition) is 2. The number of nitrogens with zero attached hydrogens (tertiary/aromatic N) is 2. The molecule has 0 aliphatic carbocycles. The number of rotatable bonds is 6. The largest absolute Gasteiger partial charge is 0.351 e. The summed E-state index contributed by atoms with van der Waals surface area (Å²) in [5.74, 6) is 0.649. The van der Waals surface area contributed by atoms with Gasteiger partial charge in [-0.2, -0.15) is 0 Å². The van der Waals surface area contributed by atoms with Gasteiger partial charge in [-0.15, -0.1) is 35.3 Å². The van der Waals surface area contributed by atoms with Crippen LogP contribution in [0.1, 0.15) is 15.3 Å². The van der Waals surface area contributed by atoms with Gasteiger partial charge in [0.15, 0.2) is 5.96 Å². The number of nitrogens with one attached hydrogen (secondary N) is 2. The molecule has 0 atom stereocenters. The van der Waals surface area contributed by atoms with Crippen LogP contribution in [0.25, 0.3) is 0 Å². The van der Waals surface area contributed by atoms with Crippen molar-refractivity contribution >= 4 is 47.2 Å². The highest BCUT2D eigenvalue weighted by Crippen LogP contribution is 2.14. The third-order valence-corrected chi connectivity index (χ3v) is 4.40. The summed E-state index contributed by atoms with van der Waals surface area (Å²) >= 11 is 1.75. The normalized spacial score (nSPS) is 10.8. The number of thiophene rings is 1. The maximum Gasteiger partial charge on any atom is 0.241 e. The molecule has 0 unspecified atom stereocenters. The monoisotopic (exact) mass is 472 g/mol. The molecule has 0 aliphatic heterocycles. The Morgan fingerprint density at radius 2 is 1.84 bits per heavy atom. The first-order valence-electron chi connectivity index (χ1n) is 7.86. The molecule has 0 saturated carbocycles. The second kappa shape index (κ2) is 11.1. The van der Waals surface area contributed by atoms with Crippen LogP contribution in [0.3, 0.4) is 0 Å². The van der Waals surface area contributed by atoms with E-state index in [1.165, 1.54) is 9.75 Å². The predicted octanol–water partition coefficient (Wildman–Crippen LogP) is 3.00. The molecular formula is C18H25IN4OS. The molecule has 1 aromatic carbocycles. The maximum atomic E-state index is 11.8. The van der Waals surface area contributed by atoms with Crippen LogP contribution in [0, 0.1) is 6.92 Å². The fraction of sp³-hybridized carbons (Fsp3) is 0.333. The van der Waals surface area contributed by atoms with E-state index in [4.69, 9.17) is 0 Å². The van der Waals surface area contributed by atoms with Gasteiger partial charge in [-0.3, -0.25) is 4.79 Å². The minimum atomic E-state index is 0. The zero-order valence-electron chi connectivity index (χ0n) is 14.8. The number of amides is 1. The van der Waals surface area contributed by atoms with Gasteiger partial charge >= 0.3 is 0 Å². The van der Waals surface area contributed by atoms with Gasteiger partial charge < -0.3 is 15.5 Å². The molecule has 2 aromatic rings. The fourth-order valence-electron chi connectivity index (χ4n) is 2.00. The Kier molecular flexibility index (Phi) is 9.51. The van der Waals surface area contributed by atoms with E-state index < -0.39 is 0 Å². The fourth-order valence-corrected chi connectivity index (χ4v) is 2.83. The Morgan fingerprint density at radius 3 is 2.44 bits per heavy atom. The van der Waals surface area contributed by atoms with Crippen LogP contribution in [0.4, 0.5) is 0 Å². The molecule has 2 N–H and O–H groups in total. The molecule has 136 valence electrons. The molecule has 0 spiro atoms. The van der Waals surface area contributed by atoms with Crippen LogP contribution in [0.15, 0.2) is 47.5 Å². The first-order chi connectivity index (χ1) is 11.5. The van der Waals surface area contributed by atoms with Gasteiger partial charge in [0.1, 0.15) is 0 Å². The van der Waals surface area contributed by atoms with Crippen molar-refractivity contribution in [3.63, 3.8) is 0 Å². The Labute approximate surface area is 170 Å². The minimum absolute atomic E-state index is 0. The minimum Gasteiger partial charge on any atom is -0.351 e. The lowest BCUT2D eigenvalue weighted by Gasteiger charge is -2.14. The molecule has 25 heavy (non-hydrogen) atoms. The lowest BCUT2D eigenvalue weighted by molar-refractivity contribution is -0.127. The van der Waals surface area contributed by atoms with Crippen molar-refractivity contribution < 1.29 is 4.79 Å². The predicted molar refractivity (Wildman–Crippen MR) is 116 cm³/mol. The summed E-state index contributed by atoms with van der Waals surface area (Å²) in [5.41, 5.74) is 1.13. The average molecular weight is 472 g/mol. The Bertz CT molecular complexity index is 685. The average Bonchev–Trinajstić information content (AvgIpc) is 3.00. The van der Waals surface area contributed by atoms with Gasteiger partial charge in [0.2, 0.25) is 5.91 Å². The third-order valence-electron chi connectivity index (χ3n) is 3.39. The molecule has 0 fully saturated rings. The van der Waals surface area contributed by atoms with Gasteiger partial charge in [0.25, 0.3) is 0 Å². The maximum absolute atomic E-state index is 11.8. The van der Waals surface area contributed by atoms with E-state index >= 15 is 0 Å². The lowest BCUT2D eigenvalue weighted by Crippen LogP contribution is -2.42. The zero-order chi connectivity index (χ0) is 17.4. The molecule has 2 rings (SSSR count). The Morgan fingerprint density at radius 1 is 1.12 bits per heavy atom. The highest BCUT2D eigenvalue weighted by Gasteiger charge is 2.06. The highest BCUT2D eigenvalue weighted by molar-refractivity contribution is 14.0. The molecular weight excluding hydrogens is 447 g/mol. The van der Waals surface area contributed by atoms with Crippen molar-refractivity contribution in [1.29, 1.82) is 0 Å². The summed E-state index contributed by atoms with van der Waals surface area (Å²) < 4.78 is 0. The number of halogens is 1. The summed E-state index contributed by atoms with van der Waals surface area (Å²) in [6, 6.07) is 14.3. The zero-order valence-corrected chi connectivity index (χ0v) is 17.9. The molecule has 5 nitrogen and oxygen atoms in total. The Hall–Kier alpha value is -1.61. The number of carbonyl (C=O) groups excluding carboxylic acids is 1. The summed E-state index contributed by atoms with van der Waals surface area (Å²) in [7, 11) is 3.49. The van der Waals surface area contributed by atoms with E-state index in [0.29, 0.717) is 19.0 Å².